The molecule has 1 aliphatic carbocycles. The smallest absolute Gasteiger partial charge is 0.412 e. The van der Waals surface area contributed by atoms with Crippen LogP contribution in [-0.2, 0) is 19.0 Å². The summed E-state index contributed by atoms with van der Waals surface area (Å²) in [5.74, 6) is -0.998. The van der Waals surface area contributed by atoms with Crippen molar-refractivity contribution in [3.63, 3.8) is 0 Å². The van der Waals surface area contributed by atoms with Crippen LogP contribution >= 0.6 is 0 Å². The largest absolute Gasteiger partial charge is 0.481 e. The molecule has 0 bridgehead atoms. The fourth-order valence-corrected chi connectivity index (χ4v) is 5.43. The van der Waals surface area contributed by atoms with Gasteiger partial charge in [0.25, 0.3) is 0 Å². The molecule has 0 aromatic rings. The lowest BCUT2D eigenvalue weighted by molar-refractivity contribution is -0.151. The number of hydrogen-bond donors (Lipinski definition) is 1. The lowest BCUT2D eigenvalue weighted by atomic mass is 9.81. The van der Waals surface area contributed by atoms with Gasteiger partial charge in [-0.2, -0.15) is 0 Å². The average Bonchev–Trinajstić information content (AvgIpc) is 3.11. The molecule has 3 rings (SSSR count). The zero-order valence-electron chi connectivity index (χ0n) is 19.3. The van der Waals surface area contributed by atoms with Crippen molar-refractivity contribution in [2.75, 3.05) is 0 Å². The first-order valence-electron chi connectivity index (χ1n) is 11.5. The van der Waals surface area contributed by atoms with Crippen molar-refractivity contribution < 1.29 is 28.9 Å². The Labute approximate surface area is 180 Å². The second-order valence-corrected chi connectivity index (χ2v) is 10.8. The van der Waals surface area contributed by atoms with Crippen LogP contribution in [0.4, 0.5) is 4.79 Å². The van der Waals surface area contributed by atoms with E-state index in [4.69, 9.17) is 14.2 Å². The normalized spacial score (nSPS) is 34.9. The first-order chi connectivity index (χ1) is 13.9. The summed E-state index contributed by atoms with van der Waals surface area (Å²) in [7, 11) is 0. The van der Waals surface area contributed by atoms with Crippen molar-refractivity contribution in [2.45, 2.75) is 122 Å². The number of carbonyl (C=O) groups excluding carboxylic acids is 1. The molecule has 1 saturated carbocycles. The van der Waals surface area contributed by atoms with Crippen LogP contribution in [0.2, 0.25) is 0 Å². The third-order valence-corrected chi connectivity index (χ3v) is 6.62. The predicted molar refractivity (Wildman–Crippen MR) is 112 cm³/mol. The van der Waals surface area contributed by atoms with Crippen LogP contribution in [0.3, 0.4) is 0 Å². The molecule has 2 heterocycles. The number of carboxylic acid groups (broad SMARTS) is 1. The zero-order valence-corrected chi connectivity index (χ0v) is 19.3. The molecular formula is C23H39NO6. The molecule has 0 aromatic heterocycles. The number of hydrogen-bond acceptors (Lipinski definition) is 5. The van der Waals surface area contributed by atoms with Crippen molar-refractivity contribution in [1.29, 1.82) is 0 Å². The van der Waals surface area contributed by atoms with Crippen LogP contribution in [-0.4, -0.2) is 57.7 Å². The van der Waals surface area contributed by atoms with E-state index in [2.05, 4.69) is 0 Å². The average molecular weight is 426 g/mol. The van der Waals surface area contributed by atoms with Crippen LogP contribution in [0, 0.1) is 11.8 Å². The van der Waals surface area contributed by atoms with E-state index >= 15 is 0 Å². The van der Waals surface area contributed by atoms with Gasteiger partial charge in [-0.15, -0.1) is 0 Å². The van der Waals surface area contributed by atoms with Crippen molar-refractivity contribution >= 4 is 12.1 Å². The molecule has 30 heavy (non-hydrogen) atoms. The molecule has 0 radical (unpaired) electrons. The number of ether oxygens (including phenoxy) is 3. The van der Waals surface area contributed by atoms with Gasteiger partial charge >= 0.3 is 12.1 Å². The molecule has 1 N–H and O–H groups in total. The Balaban J connectivity index is 1.91. The van der Waals surface area contributed by atoms with E-state index in [1.54, 1.807) is 4.90 Å². The van der Waals surface area contributed by atoms with Gasteiger partial charge in [-0.25, -0.2) is 4.79 Å². The Hall–Kier alpha value is -1.34. The monoisotopic (exact) mass is 425 g/mol. The zero-order chi connectivity index (χ0) is 22.3. The summed E-state index contributed by atoms with van der Waals surface area (Å²) >= 11 is 0. The van der Waals surface area contributed by atoms with E-state index < -0.39 is 41.5 Å². The summed E-state index contributed by atoms with van der Waals surface area (Å²) in [6.45, 7) is 11.2. The van der Waals surface area contributed by atoms with E-state index in [1.807, 2.05) is 41.5 Å². The SMILES string of the molecule is CC1C[C@@H](C(=O)O)[C@H]([C@@H]2OC(C)(C)N(C(=O)OC(C)(C)C)[C@H]2CC2CCCCC2)O1. The van der Waals surface area contributed by atoms with Gasteiger partial charge in [0.05, 0.1) is 24.2 Å². The number of nitrogens with zero attached hydrogens (tertiary/aromatic N) is 1. The number of carbonyl (C=O) groups is 2. The van der Waals surface area contributed by atoms with Crippen molar-refractivity contribution in [3.8, 4) is 0 Å². The minimum atomic E-state index is -0.898. The van der Waals surface area contributed by atoms with E-state index in [0.717, 1.165) is 19.3 Å². The van der Waals surface area contributed by atoms with Crippen LogP contribution < -0.4 is 0 Å². The fourth-order valence-electron chi connectivity index (χ4n) is 5.43. The van der Waals surface area contributed by atoms with Gasteiger partial charge in [0.1, 0.15) is 17.4 Å². The summed E-state index contributed by atoms with van der Waals surface area (Å²) in [5, 5.41) is 9.79. The van der Waals surface area contributed by atoms with Crippen molar-refractivity contribution in [2.24, 2.45) is 11.8 Å². The quantitative estimate of drug-likeness (QED) is 0.710. The minimum Gasteiger partial charge on any atom is -0.481 e. The summed E-state index contributed by atoms with van der Waals surface area (Å²) in [5.41, 5.74) is -1.52. The molecule has 0 aromatic carbocycles. The number of amides is 1. The Kier molecular flexibility index (Phi) is 6.73. The van der Waals surface area contributed by atoms with Crippen LogP contribution in [0.1, 0.15) is 86.5 Å². The molecule has 0 spiro atoms. The Morgan fingerprint density at radius 1 is 1.13 bits per heavy atom. The Morgan fingerprint density at radius 2 is 1.77 bits per heavy atom. The highest BCUT2D eigenvalue weighted by Crippen LogP contribution is 2.44. The van der Waals surface area contributed by atoms with E-state index in [0.29, 0.717) is 12.3 Å². The molecule has 7 heteroatoms. The molecule has 1 amide bonds. The maximum Gasteiger partial charge on any atom is 0.412 e. The Morgan fingerprint density at radius 3 is 2.33 bits per heavy atom. The minimum absolute atomic E-state index is 0.145. The maximum absolute atomic E-state index is 13.2. The fraction of sp³-hybridized carbons (Fsp3) is 0.913. The van der Waals surface area contributed by atoms with Crippen LogP contribution in [0.15, 0.2) is 0 Å². The van der Waals surface area contributed by atoms with Gasteiger partial charge in [-0.05, 0) is 60.3 Å². The third kappa shape index (κ3) is 5.10. The molecule has 5 atom stereocenters. The number of aliphatic carboxylic acids is 1. The van der Waals surface area contributed by atoms with Crippen LogP contribution in [0.25, 0.3) is 0 Å². The summed E-state index contributed by atoms with van der Waals surface area (Å²) in [6.07, 6.45) is 5.57. The number of carboxylic acids is 1. The van der Waals surface area contributed by atoms with Gasteiger partial charge < -0.3 is 19.3 Å². The standard InChI is InChI=1S/C23H39NO6/c1-14-12-16(20(25)26)18(28-14)19-17(13-15-10-8-7-9-11-15)24(23(5,6)29-19)21(27)30-22(2,3)4/h14-19H,7-13H2,1-6H3,(H,25,26)/t14?,16-,17+,18-,19-/m1/s1. The molecular weight excluding hydrogens is 386 g/mol. The summed E-state index contributed by atoms with van der Waals surface area (Å²) in [6, 6.07) is -0.268. The summed E-state index contributed by atoms with van der Waals surface area (Å²) in [4.78, 5) is 26.9. The van der Waals surface area contributed by atoms with Gasteiger partial charge in [-0.3, -0.25) is 9.69 Å². The van der Waals surface area contributed by atoms with E-state index in [9.17, 15) is 14.7 Å². The highest BCUT2D eigenvalue weighted by molar-refractivity contribution is 5.72. The first-order valence-corrected chi connectivity index (χ1v) is 11.5. The molecule has 2 aliphatic heterocycles. The van der Waals surface area contributed by atoms with Gasteiger partial charge in [-0.1, -0.05) is 32.1 Å². The second-order valence-electron chi connectivity index (χ2n) is 10.8. The van der Waals surface area contributed by atoms with Crippen molar-refractivity contribution in [1.82, 2.24) is 4.90 Å². The first kappa shape index (κ1) is 23.3. The molecule has 7 nitrogen and oxygen atoms in total. The maximum atomic E-state index is 13.2. The lowest BCUT2D eigenvalue weighted by Gasteiger charge is -2.37. The van der Waals surface area contributed by atoms with E-state index in [-0.39, 0.29) is 12.1 Å². The van der Waals surface area contributed by atoms with Gasteiger partial charge in [0.2, 0.25) is 0 Å². The number of rotatable bonds is 4. The molecule has 1 unspecified atom stereocenters. The van der Waals surface area contributed by atoms with Gasteiger partial charge in [0, 0.05) is 0 Å². The summed E-state index contributed by atoms with van der Waals surface area (Å²) < 4.78 is 18.2. The molecule has 3 aliphatic rings. The predicted octanol–water partition coefficient (Wildman–Crippen LogP) is 4.58. The topological polar surface area (TPSA) is 85.3 Å². The highest BCUT2D eigenvalue weighted by Gasteiger charge is 2.57. The van der Waals surface area contributed by atoms with Crippen LogP contribution in [0.5, 0.6) is 0 Å². The van der Waals surface area contributed by atoms with E-state index in [1.165, 1.54) is 19.3 Å². The van der Waals surface area contributed by atoms with Crippen molar-refractivity contribution in [3.05, 3.63) is 0 Å². The lowest BCUT2D eigenvalue weighted by Crippen LogP contribution is -2.52. The second kappa shape index (κ2) is 8.65. The molecule has 2 saturated heterocycles. The van der Waals surface area contributed by atoms with Gasteiger partial charge in [0.15, 0.2) is 0 Å². The third-order valence-electron chi connectivity index (χ3n) is 6.62. The Bertz CT molecular complexity index is 636. The molecule has 172 valence electrons. The highest BCUT2D eigenvalue weighted by atomic mass is 16.6. The molecule has 3 fully saturated rings.